The van der Waals surface area contributed by atoms with Crippen molar-refractivity contribution in [2.75, 3.05) is 26.2 Å². The summed E-state index contributed by atoms with van der Waals surface area (Å²) in [7, 11) is 0. The van der Waals surface area contributed by atoms with E-state index in [1.807, 2.05) is 31.2 Å². The molecule has 2 rings (SSSR count). The summed E-state index contributed by atoms with van der Waals surface area (Å²) in [5.74, 6) is -0.127. The van der Waals surface area contributed by atoms with Crippen LogP contribution in [0.2, 0.25) is 0 Å². The maximum atomic E-state index is 12.0. The molecule has 0 saturated carbocycles. The molecule has 4 N–H and O–H groups in total. The second-order valence-corrected chi connectivity index (χ2v) is 6.11. The molecule has 0 radical (unpaired) electrons. The van der Waals surface area contributed by atoms with E-state index < -0.39 is 6.04 Å². The third-order valence-electron chi connectivity index (χ3n) is 4.23. The van der Waals surface area contributed by atoms with Crippen LogP contribution in [0.1, 0.15) is 36.4 Å². The van der Waals surface area contributed by atoms with Gasteiger partial charge < -0.3 is 21.1 Å². The third-order valence-corrected chi connectivity index (χ3v) is 4.23. The zero-order chi connectivity index (χ0) is 15.9. The average molecular weight is 378 g/mol. The quantitative estimate of drug-likeness (QED) is 0.660. The first-order valence-corrected chi connectivity index (χ1v) is 8.06. The maximum absolute atomic E-state index is 12.0. The number of likely N-dealkylation sites (tertiary alicyclic amines) is 1. The van der Waals surface area contributed by atoms with Crippen molar-refractivity contribution in [1.82, 2.24) is 10.2 Å². The lowest BCUT2D eigenvalue weighted by Gasteiger charge is -2.29. The number of nitrogens with one attached hydrogen (secondary N) is 1. The number of rotatable bonds is 6. The van der Waals surface area contributed by atoms with Gasteiger partial charge >= 0.3 is 0 Å². The molecule has 0 aromatic heterocycles. The van der Waals surface area contributed by atoms with Gasteiger partial charge in [0.25, 0.3) is 0 Å². The number of hydrogen-bond donors (Lipinski definition) is 3. The molecule has 5 nitrogen and oxygen atoms in total. The Balaban J connectivity index is 0.00000264. The number of aryl methyl sites for hydroxylation is 1. The maximum Gasteiger partial charge on any atom is 0.241 e. The van der Waals surface area contributed by atoms with Crippen LogP contribution in [-0.2, 0) is 4.79 Å². The summed E-state index contributed by atoms with van der Waals surface area (Å²) < 4.78 is 0. The van der Waals surface area contributed by atoms with Crippen molar-refractivity contribution in [3.63, 3.8) is 0 Å². The molecule has 0 aliphatic carbocycles. The van der Waals surface area contributed by atoms with Crippen LogP contribution in [0.4, 0.5) is 0 Å². The van der Waals surface area contributed by atoms with Crippen LogP contribution in [0.5, 0.6) is 0 Å². The highest BCUT2D eigenvalue weighted by Crippen LogP contribution is 2.12. The minimum atomic E-state index is -0.606. The van der Waals surface area contributed by atoms with E-state index in [1.54, 1.807) is 0 Å². The van der Waals surface area contributed by atoms with E-state index >= 15 is 0 Å². The number of nitrogens with zero attached hydrogens (tertiary/aromatic N) is 1. The molecular formula is C17H29Cl2N3O2. The number of amides is 1. The molecule has 7 heteroatoms. The van der Waals surface area contributed by atoms with Gasteiger partial charge in [-0.2, -0.15) is 0 Å². The summed E-state index contributed by atoms with van der Waals surface area (Å²) in [5.41, 5.74) is 7.98. The van der Waals surface area contributed by atoms with Crippen molar-refractivity contribution in [3.05, 3.63) is 35.4 Å². The van der Waals surface area contributed by atoms with Crippen molar-refractivity contribution in [1.29, 1.82) is 0 Å². The van der Waals surface area contributed by atoms with Crippen LogP contribution >= 0.6 is 24.8 Å². The Kier molecular flexibility index (Phi) is 11.2. The molecule has 1 aromatic carbocycles. The molecule has 1 amide bonds. The van der Waals surface area contributed by atoms with E-state index in [1.165, 1.54) is 0 Å². The van der Waals surface area contributed by atoms with E-state index in [-0.39, 0.29) is 36.8 Å². The Hall–Kier alpha value is -0.850. The highest BCUT2D eigenvalue weighted by molar-refractivity contribution is 5.85. The molecule has 1 unspecified atom stereocenters. The molecular weight excluding hydrogens is 349 g/mol. The minimum absolute atomic E-state index is 0. The lowest BCUT2D eigenvalue weighted by molar-refractivity contribution is -0.122. The van der Waals surface area contributed by atoms with Gasteiger partial charge in [0.05, 0.1) is 6.10 Å². The van der Waals surface area contributed by atoms with Gasteiger partial charge in [-0.1, -0.05) is 29.8 Å². The monoisotopic (exact) mass is 377 g/mol. The first kappa shape index (κ1) is 23.1. The van der Waals surface area contributed by atoms with E-state index in [2.05, 4.69) is 10.2 Å². The molecule has 24 heavy (non-hydrogen) atoms. The number of hydrogen-bond acceptors (Lipinski definition) is 4. The van der Waals surface area contributed by atoms with Gasteiger partial charge in [-0.05, 0) is 38.3 Å². The van der Waals surface area contributed by atoms with Gasteiger partial charge in [0.1, 0.15) is 6.04 Å². The van der Waals surface area contributed by atoms with Crippen LogP contribution in [0, 0.1) is 6.92 Å². The molecule has 1 saturated heterocycles. The molecule has 0 bridgehead atoms. The molecule has 1 atom stereocenters. The standard InChI is InChI=1S/C17H27N3O2.2ClH/c1-13-3-5-14(6-4-13)16(18)17(22)19-9-2-10-20-11-7-15(21)8-12-20;;/h3-6,15-16,21H,2,7-12,18H2,1H3,(H,19,22);2*1H. The van der Waals surface area contributed by atoms with E-state index in [4.69, 9.17) is 5.73 Å². The topological polar surface area (TPSA) is 78.6 Å². The number of carbonyl (C=O) groups is 1. The second-order valence-electron chi connectivity index (χ2n) is 6.11. The zero-order valence-electron chi connectivity index (χ0n) is 14.1. The fourth-order valence-electron chi connectivity index (χ4n) is 2.69. The smallest absolute Gasteiger partial charge is 0.241 e. The number of aliphatic hydroxyl groups excluding tert-OH is 1. The van der Waals surface area contributed by atoms with Gasteiger partial charge in [0.15, 0.2) is 0 Å². The fraction of sp³-hybridized carbons (Fsp3) is 0.588. The first-order chi connectivity index (χ1) is 10.6. The number of carbonyl (C=O) groups excluding carboxylic acids is 1. The molecule has 0 spiro atoms. The summed E-state index contributed by atoms with van der Waals surface area (Å²) in [4.78, 5) is 14.4. The van der Waals surface area contributed by atoms with Crippen LogP contribution in [0.25, 0.3) is 0 Å². The van der Waals surface area contributed by atoms with Crippen LogP contribution in [0.15, 0.2) is 24.3 Å². The average Bonchev–Trinajstić information content (AvgIpc) is 2.53. The highest BCUT2D eigenvalue weighted by Gasteiger charge is 2.17. The molecule has 1 aliphatic rings. The Morgan fingerprint density at radius 1 is 1.29 bits per heavy atom. The predicted molar refractivity (Wildman–Crippen MR) is 102 cm³/mol. The number of piperidine rings is 1. The summed E-state index contributed by atoms with van der Waals surface area (Å²) in [6, 6.07) is 7.13. The van der Waals surface area contributed by atoms with E-state index in [0.29, 0.717) is 6.54 Å². The van der Waals surface area contributed by atoms with Crippen molar-refractivity contribution in [2.24, 2.45) is 5.73 Å². The second kappa shape index (κ2) is 11.7. The number of benzene rings is 1. The van der Waals surface area contributed by atoms with Gasteiger partial charge in [0.2, 0.25) is 5.91 Å². The Morgan fingerprint density at radius 3 is 2.46 bits per heavy atom. The summed E-state index contributed by atoms with van der Waals surface area (Å²) in [6.45, 7) is 5.48. The summed E-state index contributed by atoms with van der Waals surface area (Å²) >= 11 is 0. The van der Waals surface area contributed by atoms with Crippen molar-refractivity contribution in [2.45, 2.75) is 38.3 Å². The molecule has 1 heterocycles. The first-order valence-electron chi connectivity index (χ1n) is 8.06. The number of nitrogens with two attached hydrogens (primary N) is 1. The SMILES string of the molecule is Cc1ccc(C(N)C(=O)NCCCN2CCC(O)CC2)cc1.Cl.Cl. The van der Waals surface area contributed by atoms with E-state index in [9.17, 15) is 9.90 Å². The minimum Gasteiger partial charge on any atom is -0.393 e. The van der Waals surface area contributed by atoms with E-state index in [0.717, 1.165) is 50.0 Å². The summed E-state index contributed by atoms with van der Waals surface area (Å²) in [5, 5.41) is 12.4. The van der Waals surface area contributed by atoms with Gasteiger partial charge in [0, 0.05) is 19.6 Å². The Bertz CT molecular complexity index is 477. The van der Waals surface area contributed by atoms with Crippen molar-refractivity contribution < 1.29 is 9.90 Å². The van der Waals surface area contributed by atoms with Crippen LogP contribution in [-0.4, -0.2) is 48.2 Å². The predicted octanol–water partition coefficient (Wildman–Crippen LogP) is 1.80. The number of halogens is 2. The molecule has 1 aliphatic heterocycles. The normalized spacial score (nSPS) is 16.6. The zero-order valence-corrected chi connectivity index (χ0v) is 15.7. The highest BCUT2D eigenvalue weighted by atomic mass is 35.5. The van der Waals surface area contributed by atoms with Gasteiger partial charge in [-0.25, -0.2) is 0 Å². The van der Waals surface area contributed by atoms with Crippen LogP contribution in [0.3, 0.4) is 0 Å². The van der Waals surface area contributed by atoms with Crippen LogP contribution < -0.4 is 11.1 Å². The summed E-state index contributed by atoms with van der Waals surface area (Å²) in [6.07, 6.45) is 2.47. The fourth-order valence-corrected chi connectivity index (χ4v) is 2.69. The van der Waals surface area contributed by atoms with Crippen molar-refractivity contribution >= 4 is 30.7 Å². The Labute approximate surface area is 156 Å². The largest absolute Gasteiger partial charge is 0.393 e. The molecule has 138 valence electrons. The molecule has 1 fully saturated rings. The van der Waals surface area contributed by atoms with Gasteiger partial charge in [-0.15, -0.1) is 24.8 Å². The Morgan fingerprint density at radius 2 is 1.88 bits per heavy atom. The number of aliphatic hydroxyl groups is 1. The lowest BCUT2D eigenvalue weighted by Crippen LogP contribution is -2.39. The molecule has 1 aromatic rings. The van der Waals surface area contributed by atoms with Crippen molar-refractivity contribution in [3.8, 4) is 0 Å². The van der Waals surface area contributed by atoms with Gasteiger partial charge in [-0.3, -0.25) is 4.79 Å². The lowest BCUT2D eigenvalue weighted by atomic mass is 10.1. The third kappa shape index (κ3) is 7.36.